The molecular formula is C24H32N2O5. The SMILES string of the molecule is Cc1cccc(OCC(O)CNC(=O)[C@H](Cc2ccccc2)NC(=O)OC(C)(C)C)c1. The Kier molecular flexibility index (Phi) is 8.88. The molecule has 2 aromatic rings. The van der Waals surface area contributed by atoms with Gasteiger partial charge >= 0.3 is 6.09 Å². The third-order valence-electron chi connectivity index (χ3n) is 4.23. The van der Waals surface area contributed by atoms with Gasteiger partial charge in [-0.2, -0.15) is 0 Å². The first kappa shape index (κ1) is 24.2. The minimum Gasteiger partial charge on any atom is -0.491 e. The first-order valence-electron chi connectivity index (χ1n) is 10.3. The van der Waals surface area contributed by atoms with E-state index in [1.807, 2.05) is 55.5 Å². The zero-order chi connectivity index (χ0) is 22.9. The van der Waals surface area contributed by atoms with Gasteiger partial charge in [0.15, 0.2) is 0 Å². The molecule has 31 heavy (non-hydrogen) atoms. The van der Waals surface area contributed by atoms with Crippen LogP contribution in [0.2, 0.25) is 0 Å². The van der Waals surface area contributed by atoms with Crippen LogP contribution in [-0.2, 0) is 16.0 Å². The minimum atomic E-state index is -0.900. The average molecular weight is 429 g/mol. The van der Waals surface area contributed by atoms with E-state index < -0.39 is 29.7 Å². The summed E-state index contributed by atoms with van der Waals surface area (Å²) in [5, 5.41) is 15.5. The molecule has 7 heteroatoms. The summed E-state index contributed by atoms with van der Waals surface area (Å²) in [4.78, 5) is 24.9. The number of nitrogens with one attached hydrogen (secondary N) is 2. The second-order valence-electron chi connectivity index (χ2n) is 8.42. The lowest BCUT2D eigenvalue weighted by molar-refractivity contribution is -0.123. The van der Waals surface area contributed by atoms with Crippen molar-refractivity contribution in [3.63, 3.8) is 0 Å². The molecule has 3 N–H and O–H groups in total. The molecule has 2 aromatic carbocycles. The fourth-order valence-electron chi connectivity index (χ4n) is 2.81. The van der Waals surface area contributed by atoms with Gasteiger partial charge in [-0.15, -0.1) is 0 Å². The average Bonchev–Trinajstić information content (AvgIpc) is 2.69. The number of amides is 2. The topological polar surface area (TPSA) is 96.9 Å². The molecule has 0 bridgehead atoms. The Morgan fingerprint density at radius 2 is 1.77 bits per heavy atom. The smallest absolute Gasteiger partial charge is 0.408 e. The zero-order valence-corrected chi connectivity index (χ0v) is 18.6. The molecule has 0 radical (unpaired) electrons. The van der Waals surface area contributed by atoms with E-state index in [0.717, 1.165) is 11.1 Å². The van der Waals surface area contributed by atoms with Gasteiger partial charge in [-0.05, 0) is 51.0 Å². The summed E-state index contributed by atoms with van der Waals surface area (Å²) in [5.41, 5.74) is 1.26. The van der Waals surface area contributed by atoms with E-state index in [1.54, 1.807) is 26.8 Å². The van der Waals surface area contributed by atoms with Gasteiger partial charge in [-0.1, -0.05) is 42.5 Å². The summed E-state index contributed by atoms with van der Waals surface area (Å²) in [7, 11) is 0. The van der Waals surface area contributed by atoms with E-state index in [1.165, 1.54) is 0 Å². The lowest BCUT2D eigenvalue weighted by Crippen LogP contribution is -2.50. The van der Waals surface area contributed by atoms with Gasteiger partial charge in [0.25, 0.3) is 0 Å². The molecule has 0 aliphatic rings. The molecule has 0 heterocycles. The van der Waals surface area contributed by atoms with Gasteiger partial charge in [0.2, 0.25) is 5.91 Å². The van der Waals surface area contributed by atoms with Crippen LogP contribution in [0.3, 0.4) is 0 Å². The number of aryl methyl sites for hydroxylation is 1. The van der Waals surface area contributed by atoms with Crippen LogP contribution < -0.4 is 15.4 Å². The highest BCUT2D eigenvalue weighted by molar-refractivity contribution is 5.86. The van der Waals surface area contributed by atoms with E-state index in [2.05, 4.69) is 10.6 Å². The van der Waals surface area contributed by atoms with E-state index in [0.29, 0.717) is 12.2 Å². The number of aliphatic hydroxyl groups excluding tert-OH is 1. The lowest BCUT2D eigenvalue weighted by atomic mass is 10.1. The van der Waals surface area contributed by atoms with E-state index >= 15 is 0 Å². The maximum absolute atomic E-state index is 12.7. The van der Waals surface area contributed by atoms with Crippen LogP contribution in [0.15, 0.2) is 54.6 Å². The van der Waals surface area contributed by atoms with Gasteiger partial charge in [0.1, 0.15) is 30.1 Å². The number of hydrogen-bond acceptors (Lipinski definition) is 5. The Labute approximate surface area is 183 Å². The summed E-state index contributed by atoms with van der Waals surface area (Å²) < 4.78 is 10.8. The largest absolute Gasteiger partial charge is 0.491 e. The number of aliphatic hydroxyl groups is 1. The summed E-state index contributed by atoms with van der Waals surface area (Å²) in [6.45, 7) is 7.24. The molecule has 7 nitrogen and oxygen atoms in total. The molecule has 2 rings (SSSR count). The van der Waals surface area contributed by atoms with Crippen molar-refractivity contribution in [1.29, 1.82) is 0 Å². The molecular weight excluding hydrogens is 396 g/mol. The van der Waals surface area contributed by atoms with Crippen LogP contribution in [0.1, 0.15) is 31.9 Å². The molecule has 0 saturated heterocycles. The number of hydrogen-bond donors (Lipinski definition) is 3. The zero-order valence-electron chi connectivity index (χ0n) is 18.6. The van der Waals surface area contributed by atoms with Crippen molar-refractivity contribution >= 4 is 12.0 Å². The molecule has 1 unspecified atom stereocenters. The van der Waals surface area contributed by atoms with Crippen molar-refractivity contribution in [3.8, 4) is 5.75 Å². The highest BCUT2D eigenvalue weighted by atomic mass is 16.6. The van der Waals surface area contributed by atoms with Gasteiger partial charge in [-0.3, -0.25) is 4.79 Å². The second kappa shape index (κ2) is 11.4. The molecule has 2 atom stereocenters. The molecule has 168 valence electrons. The molecule has 0 spiro atoms. The first-order chi connectivity index (χ1) is 14.6. The number of carbonyl (C=O) groups is 2. The van der Waals surface area contributed by atoms with Crippen molar-refractivity contribution in [2.75, 3.05) is 13.2 Å². The van der Waals surface area contributed by atoms with Crippen LogP contribution in [0.5, 0.6) is 5.75 Å². The third kappa shape index (κ3) is 9.53. The van der Waals surface area contributed by atoms with Gasteiger partial charge in [-0.25, -0.2) is 4.79 Å². The standard InChI is InChI=1S/C24H32N2O5/c1-17-9-8-12-20(13-17)30-16-19(27)15-25-22(28)21(14-18-10-6-5-7-11-18)26-23(29)31-24(2,3)4/h5-13,19,21,27H,14-16H2,1-4H3,(H,25,28)(H,26,29)/t19?,21-/m0/s1. The fourth-order valence-corrected chi connectivity index (χ4v) is 2.81. The van der Waals surface area contributed by atoms with Crippen molar-refractivity contribution < 1.29 is 24.2 Å². The summed E-state index contributed by atoms with van der Waals surface area (Å²) in [6.07, 6.45) is -1.28. The second-order valence-corrected chi connectivity index (χ2v) is 8.42. The van der Waals surface area contributed by atoms with Crippen molar-refractivity contribution in [2.45, 2.75) is 51.9 Å². The Bertz CT molecular complexity index is 849. The molecule has 0 saturated carbocycles. The minimum absolute atomic E-state index is 0.00800. The lowest BCUT2D eigenvalue weighted by Gasteiger charge is -2.24. The maximum atomic E-state index is 12.7. The summed E-state index contributed by atoms with van der Waals surface area (Å²) in [5.74, 6) is 0.239. The number of alkyl carbamates (subject to hydrolysis) is 1. The highest BCUT2D eigenvalue weighted by Gasteiger charge is 2.25. The predicted octanol–water partition coefficient (Wildman–Crippen LogP) is 2.99. The Hall–Kier alpha value is -3.06. The number of carbonyl (C=O) groups excluding carboxylic acids is 2. The molecule has 0 aliphatic carbocycles. The molecule has 0 aromatic heterocycles. The van der Waals surface area contributed by atoms with Gasteiger partial charge in [0.05, 0.1) is 0 Å². The van der Waals surface area contributed by atoms with Crippen molar-refractivity contribution in [2.24, 2.45) is 0 Å². The molecule has 0 aliphatic heterocycles. The number of rotatable bonds is 9. The van der Waals surface area contributed by atoms with Crippen LogP contribution in [-0.4, -0.2) is 48.0 Å². The highest BCUT2D eigenvalue weighted by Crippen LogP contribution is 2.12. The van der Waals surface area contributed by atoms with Crippen LogP contribution >= 0.6 is 0 Å². The van der Waals surface area contributed by atoms with E-state index in [4.69, 9.17) is 9.47 Å². The maximum Gasteiger partial charge on any atom is 0.408 e. The van der Waals surface area contributed by atoms with Crippen LogP contribution in [0, 0.1) is 6.92 Å². The summed E-state index contributed by atoms with van der Waals surface area (Å²) >= 11 is 0. The molecule has 2 amide bonds. The first-order valence-corrected chi connectivity index (χ1v) is 10.3. The Morgan fingerprint density at radius 3 is 2.42 bits per heavy atom. The van der Waals surface area contributed by atoms with E-state index in [-0.39, 0.29) is 13.2 Å². The quantitative estimate of drug-likeness (QED) is 0.571. The Balaban J connectivity index is 1.91. The van der Waals surface area contributed by atoms with Gasteiger partial charge < -0.3 is 25.2 Å². The van der Waals surface area contributed by atoms with Crippen LogP contribution in [0.4, 0.5) is 4.79 Å². The van der Waals surface area contributed by atoms with Crippen molar-refractivity contribution in [3.05, 3.63) is 65.7 Å². The number of benzene rings is 2. The third-order valence-corrected chi connectivity index (χ3v) is 4.23. The normalized spacial score (nSPS) is 13.1. The Morgan fingerprint density at radius 1 is 1.06 bits per heavy atom. The molecule has 0 fully saturated rings. The fraction of sp³-hybridized carbons (Fsp3) is 0.417. The predicted molar refractivity (Wildman–Crippen MR) is 119 cm³/mol. The van der Waals surface area contributed by atoms with E-state index in [9.17, 15) is 14.7 Å². The monoisotopic (exact) mass is 428 g/mol. The van der Waals surface area contributed by atoms with Crippen molar-refractivity contribution in [1.82, 2.24) is 10.6 Å². The van der Waals surface area contributed by atoms with Gasteiger partial charge in [0, 0.05) is 13.0 Å². The number of ether oxygens (including phenoxy) is 2. The summed E-state index contributed by atoms with van der Waals surface area (Å²) in [6, 6.07) is 16.0. The van der Waals surface area contributed by atoms with Crippen LogP contribution in [0.25, 0.3) is 0 Å².